The van der Waals surface area contributed by atoms with Gasteiger partial charge in [-0.1, -0.05) is 18.2 Å². The molecule has 4 nitrogen and oxygen atoms in total. The molecular weight excluding hydrogens is 228 g/mol. The molecule has 0 aromatic rings. The number of cyclic esters (lactones) is 1. The Labute approximate surface area is 107 Å². The minimum absolute atomic E-state index is 0.161. The Hall–Kier alpha value is -1.29. The van der Waals surface area contributed by atoms with Crippen LogP contribution in [0, 0.1) is 11.3 Å². The van der Waals surface area contributed by atoms with Crippen molar-refractivity contribution in [2.45, 2.75) is 18.9 Å². The number of nitrogens with one attached hydrogen (secondary N) is 1. The number of ether oxygens (including phenoxy) is 1. The van der Waals surface area contributed by atoms with Gasteiger partial charge in [0.25, 0.3) is 0 Å². The lowest BCUT2D eigenvalue weighted by atomic mass is 9.89. The lowest BCUT2D eigenvalue weighted by molar-refractivity contribution is 0.153. The van der Waals surface area contributed by atoms with E-state index in [0.29, 0.717) is 12.0 Å². The fourth-order valence-electron chi connectivity index (χ4n) is 3.71. The molecule has 2 saturated heterocycles. The van der Waals surface area contributed by atoms with E-state index in [4.69, 9.17) is 4.74 Å². The van der Waals surface area contributed by atoms with Gasteiger partial charge >= 0.3 is 6.09 Å². The first kappa shape index (κ1) is 10.6. The Balaban J connectivity index is 1.48. The summed E-state index contributed by atoms with van der Waals surface area (Å²) in [5.74, 6) is 0.849. The highest BCUT2D eigenvalue weighted by Gasteiger charge is 2.58. The van der Waals surface area contributed by atoms with Gasteiger partial charge in [0.15, 0.2) is 0 Å². The Morgan fingerprint density at radius 3 is 3.00 bits per heavy atom. The Kier molecular flexibility index (Phi) is 2.13. The lowest BCUT2D eigenvalue weighted by Crippen LogP contribution is -2.35. The molecule has 3 atom stereocenters. The molecule has 1 N–H and O–H groups in total. The molecule has 2 aliphatic carbocycles. The standard InChI is InChI=1S/C14H18N2O2/c17-13-16(5-6-18-13)12-3-1-10(2-4-12)14-7-11(14)8-15-9-14/h1-3,11-12,15H,4-9H2/t11?,12?,14-/m0/s1. The molecule has 1 amide bonds. The summed E-state index contributed by atoms with van der Waals surface area (Å²) in [5, 5.41) is 3.47. The minimum atomic E-state index is -0.161. The minimum Gasteiger partial charge on any atom is -0.448 e. The Morgan fingerprint density at radius 1 is 1.50 bits per heavy atom. The van der Waals surface area contributed by atoms with Crippen LogP contribution in [0.4, 0.5) is 4.79 Å². The molecule has 4 rings (SSSR count). The number of carbonyl (C=O) groups excluding carboxylic acids is 1. The fraction of sp³-hybridized carbons (Fsp3) is 0.643. The SMILES string of the molecule is O=C1OCCN1C1C=CC([C@]23CNCC2C3)=CC1. The first-order valence-electron chi connectivity index (χ1n) is 6.82. The van der Waals surface area contributed by atoms with Crippen LogP contribution in [-0.2, 0) is 4.74 Å². The highest BCUT2D eigenvalue weighted by atomic mass is 16.6. The Bertz CT molecular complexity index is 457. The zero-order valence-corrected chi connectivity index (χ0v) is 10.4. The quantitative estimate of drug-likeness (QED) is 0.798. The number of amides is 1. The summed E-state index contributed by atoms with van der Waals surface area (Å²) in [7, 11) is 0. The highest BCUT2D eigenvalue weighted by molar-refractivity contribution is 5.70. The van der Waals surface area contributed by atoms with Crippen molar-refractivity contribution in [3.05, 3.63) is 23.8 Å². The maximum absolute atomic E-state index is 11.5. The van der Waals surface area contributed by atoms with Crippen molar-refractivity contribution in [3.63, 3.8) is 0 Å². The number of carbonyl (C=O) groups is 1. The molecule has 96 valence electrons. The first-order valence-corrected chi connectivity index (χ1v) is 6.82. The molecule has 0 spiro atoms. The van der Waals surface area contributed by atoms with E-state index in [1.165, 1.54) is 18.5 Å². The molecule has 3 fully saturated rings. The van der Waals surface area contributed by atoms with Gasteiger partial charge in [0.2, 0.25) is 0 Å². The Morgan fingerprint density at radius 2 is 2.44 bits per heavy atom. The molecular formula is C14H18N2O2. The second kappa shape index (κ2) is 3.60. The topological polar surface area (TPSA) is 41.6 Å². The van der Waals surface area contributed by atoms with Gasteiger partial charge in [-0.15, -0.1) is 0 Å². The third kappa shape index (κ3) is 1.38. The maximum atomic E-state index is 11.5. The van der Waals surface area contributed by atoms with Crippen molar-refractivity contribution in [3.8, 4) is 0 Å². The summed E-state index contributed by atoms with van der Waals surface area (Å²) >= 11 is 0. The molecule has 18 heavy (non-hydrogen) atoms. The number of nitrogens with zero attached hydrogens (tertiary/aromatic N) is 1. The summed E-state index contributed by atoms with van der Waals surface area (Å²) in [4.78, 5) is 13.4. The number of allylic oxidation sites excluding steroid dienone is 1. The van der Waals surface area contributed by atoms with Crippen molar-refractivity contribution >= 4 is 6.09 Å². The third-order valence-corrected chi connectivity index (χ3v) is 4.91. The van der Waals surface area contributed by atoms with Crippen molar-refractivity contribution in [1.82, 2.24) is 10.2 Å². The zero-order chi connectivity index (χ0) is 12.2. The normalized spacial score (nSPS) is 41.7. The van der Waals surface area contributed by atoms with Gasteiger partial charge < -0.3 is 10.1 Å². The average Bonchev–Trinajstić information content (AvgIpc) is 2.74. The molecule has 4 heteroatoms. The van der Waals surface area contributed by atoms with Crippen LogP contribution in [0.15, 0.2) is 23.8 Å². The van der Waals surface area contributed by atoms with Gasteiger partial charge in [-0.05, 0) is 30.9 Å². The van der Waals surface area contributed by atoms with E-state index in [1.54, 1.807) is 0 Å². The van der Waals surface area contributed by atoms with E-state index in [9.17, 15) is 4.79 Å². The largest absolute Gasteiger partial charge is 0.448 e. The smallest absolute Gasteiger partial charge is 0.410 e. The van der Waals surface area contributed by atoms with Crippen LogP contribution in [0.25, 0.3) is 0 Å². The number of hydrogen-bond donors (Lipinski definition) is 1. The molecule has 4 aliphatic rings. The van der Waals surface area contributed by atoms with Gasteiger partial charge in [0, 0.05) is 12.0 Å². The van der Waals surface area contributed by atoms with Crippen LogP contribution in [0.1, 0.15) is 12.8 Å². The van der Waals surface area contributed by atoms with Crippen LogP contribution >= 0.6 is 0 Å². The average molecular weight is 246 g/mol. The summed E-state index contributed by atoms with van der Waals surface area (Å²) in [6, 6.07) is 0.201. The third-order valence-electron chi connectivity index (χ3n) is 4.91. The predicted octanol–water partition coefficient (Wildman–Crippen LogP) is 1.30. The van der Waals surface area contributed by atoms with Crippen LogP contribution < -0.4 is 5.32 Å². The van der Waals surface area contributed by atoms with Crippen LogP contribution in [0.5, 0.6) is 0 Å². The fourth-order valence-corrected chi connectivity index (χ4v) is 3.71. The maximum Gasteiger partial charge on any atom is 0.410 e. The van der Waals surface area contributed by atoms with Gasteiger partial charge in [0.05, 0.1) is 12.6 Å². The molecule has 2 unspecified atom stereocenters. The first-order chi connectivity index (χ1) is 8.79. The van der Waals surface area contributed by atoms with E-state index in [-0.39, 0.29) is 12.1 Å². The monoisotopic (exact) mass is 246 g/mol. The second-order valence-electron chi connectivity index (χ2n) is 5.82. The number of fused-ring (bicyclic) bond motifs is 1. The molecule has 0 aromatic carbocycles. The second-order valence-corrected chi connectivity index (χ2v) is 5.82. The van der Waals surface area contributed by atoms with Crippen molar-refractivity contribution in [2.24, 2.45) is 11.3 Å². The van der Waals surface area contributed by atoms with Crippen LogP contribution in [-0.4, -0.2) is 43.3 Å². The van der Waals surface area contributed by atoms with E-state index in [2.05, 4.69) is 23.5 Å². The van der Waals surface area contributed by atoms with Crippen molar-refractivity contribution < 1.29 is 9.53 Å². The van der Waals surface area contributed by atoms with E-state index < -0.39 is 0 Å². The van der Waals surface area contributed by atoms with Crippen LogP contribution in [0.2, 0.25) is 0 Å². The molecule has 1 saturated carbocycles. The van der Waals surface area contributed by atoms with Crippen molar-refractivity contribution in [1.29, 1.82) is 0 Å². The molecule has 0 bridgehead atoms. The van der Waals surface area contributed by atoms with E-state index >= 15 is 0 Å². The highest BCUT2D eigenvalue weighted by Crippen LogP contribution is 2.60. The van der Waals surface area contributed by atoms with E-state index in [0.717, 1.165) is 25.4 Å². The zero-order valence-electron chi connectivity index (χ0n) is 10.4. The van der Waals surface area contributed by atoms with Gasteiger partial charge in [-0.3, -0.25) is 4.90 Å². The summed E-state index contributed by atoms with van der Waals surface area (Å²) in [6.07, 6.45) is 8.88. The van der Waals surface area contributed by atoms with Gasteiger partial charge in [-0.2, -0.15) is 0 Å². The number of rotatable bonds is 2. The summed E-state index contributed by atoms with van der Waals surface area (Å²) in [6.45, 7) is 3.57. The van der Waals surface area contributed by atoms with Gasteiger partial charge in [-0.25, -0.2) is 4.79 Å². The lowest BCUT2D eigenvalue weighted by Gasteiger charge is -2.26. The molecule has 2 heterocycles. The molecule has 2 aliphatic heterocycles. The van der Waals surface area contributed by atoms with Crippen molar-refractivity contribution in [2.75, 3.05) is 26.2 Å². The predicted molar refractivity (Wildman–Crippen MR) is 67.1 cm³/mol. The molecule has 0 aromatic heterocycles. The number of hydrogen-bond acceptors (Lipinski definition) is 3. The summed E-state index contributed by atoms with van der Waals surface area (Å²) < 4.78 is 5.00. The molecule has 0 radical (unpaired) electrons. The van der Waals surface area contributed by atoms with Crippen LogP contribution in [0.3, 0.4) is 0 Å². The number of piperidine rings is 1. The van der Waals surface area contributed by atoms with E-state index in [1.807, 2.05) is 4.90 Å². The van der Waals surface area contributed by atoms with Gasteiger partial charge in [0.1, 0.15) is 6.61 Å². The summed E-state index contributed by atoms with van der Waals surface area (Å²) in [5.41, 5.74) is 1.92.